The van der Waals surface area contributed by atoms with Crippen LogP contribution in [-0.2, 0) is 20.9 Å². The second kappa shape index (κ2) is 10.5. The SMILES string of the molecule is COc1ccc([C@H]2CC(=O)C3=C(C2)NC(C)=C(C(=O)OCc2ccccc2)[C@H]3c2ccc(C)cc2)cc1. The van der Waals surface area contributed by atoms with E-state index in [2.05, 4.69) is 5.32 Å². The molecule has 5 nitrogen and oxygen atoms in total. The zero-order valence-corrected chi connectivity index (χ0v) is 21.4. The molecule has 37 heavy (non-hydrogen) atoms. The highest BCUT2D eigenvalue weighted by molar-refractivity contribution is 6.04. The summed E-state index contributed by atoms with van der Waals surface area (Å²) >= 11 is 0. The van der Waals surface area contributed by atoms with Gasteiger partial charge < -0.3 is 14.8 Å². The van der Waals surface area contributed by atoms with E-state index in [1.807, 2.05) is 92.7 Å². The van der Waals surface area contributed by atoms with Crippen LogP contribution in [0.2, 0.25) is 0 Å². The molecular weight excluding hydrogens is 462 g/mol. The maximum atomic E-state index is 13.7. The average molecular weight is 494 g/mol. The lowest BCUT2D eigenvalue weighted by molar-refractivity contribution is -0.140. The fraction of sp³-hybridized carbons (Fsp3) is 0.250. The van der Waals surface area contributed by atoms with Gasteiger partial charge in [0.1, 0.15) is 12.4 Å². The van der Waals surface area contributed by atoms with Gasteiger partial charge in [0.25, 0.3) is 0 Å². The summed E-state index contributed by atoms with van der Waals surface area (Å²) in [6, 6.07) is 25.6. The van der Waals surface area contributed by atoms with E-state index in [-0.39, 0.29) is 18.3 Å². The Morgan fingerprint density at radius 1 is 0.892 bits per heavy atom. The normalized spacial score (nSPS) is 19.3. The Morgan fingerprint density at radius 2 is 1.57 bits per heavy atom. The Bertz CT molecular complexity index is 1370. The van der Waals surface area contributed by atoms with Crippen LogP contribution in [0.5, 0.6) is 5.75 Å². The number of nitrogens with one attached hydrogen (secondary N) is 1. The van der Waals surface area contributed by atoms with Crippen molar-refractivity contribution in [1.29, 1.82) is 0 Å². The van der Waals surface area contributed by atoms with Crippen LogP contribution in [0.4, 0.5) is 0 Å². The van der Waals surface area contributed by atoms with E-state index < -0.39 is 11.9 Å². The van der Waals surface area contributed by atoms with Gasteiger partial charge in [-0.2, -0.15) is 0 Å². The molecule has 2 aliphatic rings. The van der Waals surface area contributed by atoms with Crippen molar-refractivity contribution in [3.8, 4) is 5.75 Å². The van der Waals surface area contributed by atoms with Crippen LogP contribution in [0.15, 0.2) is 101 Å². The van der Waals surface area contributed by atoms with Crippen LogP contribution >= 0.6 is 0 Å². The molecule has 1 heterocycles. The molecule has 1 aliphatic heterocycles. The van der Waals surface area contributed by atoms with Crippen LogP contribution in [0.1, 0.15) is 53.9 Å². The molecule has 0 unspecified atom stereocenters. The van der Waals surface area contributed by atoms with Gasteiger partial charge in [0.05, 0.1) is 12.7 Å². The minimum absolute atomic E-state index is 0.0565. The number of hydrogen-bond donors (Lipinski definition) is 1. The van der Waals surface area contributed by atoms with Crippen molar-refractivity contribution < 1.29 is 19.1 Å². The van der Waals surface area contributed by atoms with E-state index in [9.17, 15) is 9.59 Å². The number of Topliss-reactive ketones (excluding diaryl/α,β-unsaturated/α-hetero) is 1. The van der Waals surface area contributed by atoms with Crippen LogP contribution in [0.3, 0.4) is 0 Å². The van der Waals surface area contributed by atoms with E-state index in [4.69, 9.17) is 9.47 Å². The zero-order valence-electron chi connectivity index (χ0n) is 21.4. The van der Waals surface area contributed by atoms with Gasteiger partial charge >= 0.3 is 5.97 Å². The molecule has 1 aliphatic carbocycles. The maximum Gasteiger partial charge on any atom is 0.337 e. The van der Waals surface area contributed by atoms with E-state index in [0.717, 1.165) is 39.4 Å². The molecule has 0 amide bonds. The minimum Gasteiger partial charge on any atom is -0.497 e. The molecule has 2 atom stereocenters. The smallest absolute Gasteiger partial charge is 0.337 e. The van der Waals surface area contributed by atoms with Crippen LogP contribution in [-0.4, -0.2) is 18.9 Å². The van der Waals surface area contributed by atoms with Crippen LogP contribution < -0.4 is 10.1 Å². The van der Waals surface area contributed by atoms with Gasteiger partial charge in [-0.1, -0.05) is 72.3 Å². The summed E-state index contributed by atoms with van der Waals surface area (Å²) in [4.78, 5) is 27.2. The summed E-state index contributed by atoms with van der Waals surface area (Å²) in [5, 5.41) is 3.42. The van der Waals surface area contributed by atoms with Gasteiger partial charge in [0, 0.05) is 29.3 Å². The number of dihydropyridines is 1. The number of carbonyl (C=O) groups is 2. The Labute approximate surface area is 217 Å². The first-order valence-corrected chi connectivity index (χ1v) is 12.6. The van der Waals surface area contributed by atoms with Crippen molar-refractivity contribution in [2.45, 2.75) is 45.1 Å². The molecule has 3 aromatic rings. The first kappa shape index (κ1) is 24.6. The second-order valence-corrected chi connectivity index (χ2v) is 9.76. The third-order valence-corrected chi connectivity index (χ3v) is 7.26. The molecule has 0 spiro atoms. The number of esters is 1. The molecule has 1 N–H and O–H groups in total. The first-order chi connectivity index (χ1) is 17.9. The number of methoxy groups -OCH3 is 1. The van der Waals surface area contributed by atoms with E-state index >= 15 is 0 Å². The molecule has 188 valence electrons. The molecule has 0 fully saturated rings. The number of allylic oxidation sites excluding steroid dienone is 3. The highest BCUT2D eigenvalue weighted by atomic mass is 16.5. The summed E-state index contributed by atoms with van der Waals surface area (Å²) < 4.78 is 11.1. The molecule has 0 radical (unpaired) electrons. The summed E-state index contributed by atoms with van der Waals surface area (Å²) in [6.07, 6.45) is 1.08. The van der Waals surface area contributed by atoms with Crippen molar-refractivity contribution >= 4 is 11.8 Å². The van der Waals surface area contributed by atoms with Crippen molar-refractivity contribution in [1.82, 2.24) is 5.32 Å². The Kier molecular flexibility index (Phi) is 6.95. The van der Waals surface area contributed by atoms with Crippen molar-refractivity contribution in [2.75, 3.05) is 7.11 Å². The number of aryl methyl sites for hydroxylation is 1. The lowest BCUT2D eigenvalue weighted by atomic mass is 9.71. The fourth-order valence-corrected chi connectivity index (χ4v) is 5.31. The number of carbonyl (C=O) groups excluding carboxylic acids is 2. The van der Waals surface area contributed by atoms with E-state index in [1.165, 1.54) is 0 Å². The van der Waals surface area contributed by atoms with E-state index in [1.54, 1.807) is 7.11 Å². The standard InChI is InChI=1S/C32H31NO4/c1-20-9-11-24(12-10-20)30-29(32(35)37-19-22-7-5-4-6-8-22)21(2)33-27-17-25(18-28(34)31(27)30)23-13-15-26(36-3)16-14-23/h4-16,25,30,33H,17-19H2,1-3H3/t25-,30-/m1/s1. The van der Waals surface area contributed by atoms with Gasteiger partial charge in [-0.3, -0.25) is 4.79 Å². The molecule has 0 saturated heterocycles. The topological polar surface area (TPSA) is 64.6 Å². The van der Waals surface area contributed by atoms with Gasteiger partial charge in [-0.25, -0.2) is 4.79 Å². The second-order valence-electron chi connectivity index (χ2n) is 9.76. The summed E-state index contributed by atoms with van der Waals surface area (Å²) in [5.41, 5.74) is 6.84. The Morgan fingerprint density at radius 3 is 2.24 bits per heavy atom. The van der Waals surface area contributed by atoms with Crippen molar-refractivity contribution in [3.05, 3.63) is 124 Å². The molecular formula is C32H31NO4. The summed E-state index contributed by atoms with van der Waals surface area (Å²) in [6.45, 7) is 4.10. The predicted molar refractivity (Wildman–Crippen MR) is 143 cm³/mol. The van der Waals surface area contributed by atoms with Gasteiger partial charge in [-0.15, -0.1) is 0 Å². The number of ether oxygens (including phenoxy) is 2. The first-order valence-electron chi connectivity index (χ1n) is 12.6. The number of hydrogen-bond acceptors (Lipinski definition) is 5. The predicted octanol–water partition coefficient (Wildman–Crippen LogP) is 6.11. The zero-order chi connectivity index (χ0) is 25.9. The van der Waals surface area contributed by atoms with Gasteiger partial charge in [-0.05, 0) is 55.0 Å². The summed E-state index contributed by atoms with van der Waals surface area (Å²) in [5.74, 6) is 0.0302. The molecule has 0 aromatic heterocycles. The molecule has 0 saturated carbocycles. The van der Waals surface area contributed by atoms with Crippen molar-refractivity contribution in [2.24, 2.45) is 0 Å². The molecule has 5 rings (SSSR count). The number of ketones is 1. The highest BCUT2D eigenvalue weighted by Crippen LogP contribution is 2.46. The van der Waals surface area contributed by atoms with Gasteiger partial charge in [0.2, 0.25) is 0 Å². The van der Waals surface area contributed by atoms with E-state index in [0.29, 0.717) is 24.0 Å². The average Bonchev–Trinajstić information content (AvgIpc) is 2.92. The minimum atomic E-state index is -0.468. The van der Waals surface area contributed by atoms with Gasteiger partial charge in [0.15, 0.2) is 5.78 Å². The Hall–Kier alpha value is -4.12. The lowest BCUT2D eigenvalue weighted by Gasteiger charge is -2.36. The highest BCUT2D eigenvalue weighted by Gasteiger charge is 2.41. The molecule has 3 aromatic carbocycles. The van der Waals surface area contributed by atoms with Crippen molar-refractivity contribution in [3.63, 3.8) is 0 Å². The Balaban J connectivity index is 1.49. The quantitative estimate of drug-likeness (QED) is 0.420. The molecule has 5 heteroatoms. The number of benzene rings is 3. The lowest BCUT2D eigenvalue weighted by Crippen LogP contribution is -2.36. The maximum absolute atomic E-state index is 13.7. The monoisotopic (exact) mass is 493 g/mol. The third-order valence-electron chi connectivity index (χ3n) is 7.26. The van der Waals surface area contributed by atoms with Crippen LogP contribution in [0, 0.1) is 6.92 Å². The van der Waals surface area contributed by atoms with Crippen LogP contribution in [0.25, 0.3) is 0 Å². The third kappa shape index (κ3) is 5.08. The molecule has 0 bridgehead atoms. The largest absolute Gasteiger partial charge is 0.497 e. The summed E-state index contributed by atoms with van der Waals surface area (Å²) in [7, 11) is 1.64. The number of rotatable bonds is 6. The fourth-order valence-electron chi connectivity index (χ4n) is 5.31.